The molecule has 0 radical (unpaired) electrons. The normalized spacial score (nSPS) is 23.2. The van der Waals surface area contributed by atoms with Gasteiger partial charge in [0, 0.05) is 6.04 Å². The van der Waals surface area contributed by atoms with Crippen molar-refractivity contribution in [1.29, 1.82) is 0 Å². The molecule has 0 heterocycles. The number of benzene rings is 1. The van der Waals surface area contributed by atoms with Crippen LogP contribution in [0.25, 0.3) is 0 Å². The van der Waals surface area contributed by atoms with E-state index in [9.17, 15) is 0 Å². The van der Waals surface area contributed by atoms with Gasteiger partial charge in [0.25, 0.3) is 0 Å². The monoisotopic (exact) mass is 259 g/mol. The summed E-state index contributed by atoms with van der Waals surface area (Å²) in [5.41, 5.74) is 2.98. The minimum atomic E-state index is 0.642. The lowest BCUT2D eigenvalue weighted by molar-refractivity contribution is 0.484. The standard InChI is InChI=1S/C18H29N/c1-4-11-19-18-10-7-16(13-18)12-15-5-8-17(9-6-15)14(2)3/h5-6,8-9,14,16,18-19H,4,7,10-13H2,1-3H3. The quantitative estimate of drug-likeness (QED) is 0.792. The Morgan fingerprint density at radius 2 is 1.89 bits per heavy atom. The first-order valence-electron chi connectivity index (χ1n) is 8.01. The zero-order valence-corrected chi connectivity index (χ0v) is 12.8. The Morgan fingerprint density at radius 3 is 2.53 bits per heavy atom. The zero-order valence-electron chi connectivity index (χ0n) is 12.8. The summed E-state index contributed by atoms with van der Waals surface area (Å²) in [6.45, 7) is 7.95. The van der Waals surface area contributed by atoms with Crippen LogP contribution in [0.15, 0.2) is 24.3 Å². The van der Waals surface area contributed by atoms with Crippen molar-refractivity contribution < 1.29 is 0 Å². The average Bonchev–Trinajstić information content (AvgIpc) is 2.84. The highest BCUT2D eigenvalue weighted by Crippen LogP contribution is 2.29. The summed E-state index contributed by atoms with van der Waals surface area (Å²) in [5, 5.41) is 3.67. The van der Waals surface area contributed by atoms with E-state index in [1.165, 1.54) is 49.8 Å². The van der Waals surface area contributed by atoms with Crippen LogP contribution in [0.4, 0.5) is 0 Å². The van der Waals surface area contributed by atoms with Crippen molar-refractivity contribution in [3.63, 3.8) is 0 Å². The van der Waals surface area contributed by atoms with Crippen LogP contribution in [0, 0.1) is 5.92 Å². The summed E-state index contributed by atoms with van der Waals surface area (Å²) in [6, 6.07) is 10.1. The van der Waals surface area contributed by atoms with Gasteiger partial charge in [0.05, 0.1) is 0 Å². The molecule has 1 aliphatic carbocycles. The van der Waals surface area contributed by atoms with Gasteiger partial charge in [0.15, 0.2) is 0 Å². The highest BCUT2D eigenvalue weighted by atomic mass is 14.9. The van der Waals surface area contributed by atoms with Crippen molar-refractivity contribution in [3.8, 4) is 0 Å². The molecule has 1 fully saturated rings. The van der Waals surface area contributed by atoms with Gasteiger partial charge in [-0.05, 0) is 61.6 Å². The molecule has 106 valence electrons. The van der Waals surface area contributed by atoms with Crippen LogP contribution in [-0.4, -0.2) is 12.6 Å². The fourth-order valence-electron chi connectivity index (χ4n) is 3.17. The van der Waals surface area contributed by atoms with Crippen LogP contribution in [0.1, 0.15) is 63.5 Å². The Hall–Kier alpha value is -0.820. The second-order valence-corrected chi connectivity index (χ2v) is 6.43. The summed E-state index contributed by atoms with van der Waals surface area (Å²) >= 11 is 0. The van der Waals surface area contributed by atoms with E-state index < -0.39 is 0 Å². The van der Waals surface area contributed by atoms with Gasteiger partial charge >= 0.3 is 0 Å². The molecule has 0 amide bonds. The van der Waals surface area contributed by atoms with Crippen molar-refractivity contribution in [2.24, 2.45) is 5.92 Å². The van der Waals surface area contributed by atoms with E-state index in [4.69, 9.17) is 0 Å². The first-order valence-corrected chi connectivity index (χ1v) is 8.01. The molecule has 0 bridgehead atoms. The molecule has 1 aromatic rings. The maximum Gasteiger partial charge on any atom is 0.00699 e. The predicted octanol–water partition coefficient (Wildman–Crippen LogP) is 4.52. The number of hydrogen-bond acceptors (Lipinski definition) is 1. The Labute approximate surface area is 118 Å². The van der Waals surface area contributed by atoms with Gasteiger partial charge < -0.3 is 5.32 Å². The Bertz CT molecular complexity index is 366. The van der Waals surface area contributed by atoms with E-state index in [-0.39, 0.29) is 0 Å². The second-order valence-electron chi connectivity index (χ2n) is 6.43. The minimum absolute atomic E-state index is 0.642. The van der Waals surface area contributed by atoms with Crippen LogP contribution in [0.3, 0.4) is 0 Å². The Morgan fingerprint density at radius 1 is 1.16 bits per heavy atom. The first-order chi connectivity index (χ1) is 9.19. The third-order valence-corrected chi connectivity index (χ3v) is 4.40. The first kappa shape index (κ1) is 14.6. The fourth-order valence-corrected chi connectivity index (χ4v) is 3.17. The molecule has 2 rings (SSSR count). The molecular formula is C18H29N. The maximum absolute atomic E-state index is 3.67. The summed E-state index contributed by atoms with van der Waals surface area (Å²) in [5.74, 6) is 1.53. The van der Waals surface area contributed by atoms with E-state index in [0.29, 0.717) is 5.92 Å². The topological polar surface area (TPSA) is 12.0 Å². The molecule has 0 saturated heterocycles. The molecular weight excluding hydrogens is 230 g/mol. The van der Waals surface area contributed by atoms with Gasteiger partial charge in [0.1, 0.15) is 0 Å². The van der Waals surface area contributed by atoms with Crippen LogP contribution in [0.2, 0.25) is 0 Å². The van der Waals surface area contributed by atoms with Crippen molar-refractivity contribution >= 4 is 0 Å². The Kier molecular flexibility index (Phi) is 5.45. The lowest BCUT2D eigenvalue weighted by atomic mass is 9.95. The van der Waals surface area contributed by atoms with E-state index in [2.05, 4.69) is 50.4 Å². The van der Waals surface area contributed by atoms with E-state index >= 15 is 0 Å². The minimum Gasteiger partial charge on any atom is -0.314 e. The summed E-state index contributed by atoms with van der Waals surface area (Å²) in [7, 11) is 0. The molecule has 1 aliphatic rings. The lowest BCUT2D eigenvalue weighted by Gasteiger charge is -2.13. The van der Waals surface area contributed by atoms with Crippen LogP contribution in [-0.2, 0) is 6.42 Å². The highest BCUT2D eigenvalue weighted by Gasteiger charge is 2.23. The largest absolute Gasteiger partial charge is 0.314 e. The van der Waals surface area contributed by atoms with Gasteiger partial charge in [-0.1, -0.05) is 45.0 Å². The van der Waals surface area contributed by atoms with Gasteiger partial charge in [-0.15, -0.1) is 0 Å². The molecule has 0 spiro atoms. The van der Waals surface area contributed by atoms with Crippen molar-refractivity contribution in [3.05, 3.63) is 35.4 Å². The molecule has 1 heteroatoms. The van der Waals surface area contributed by atoms with E-state index in [0.717, 1.165) is 12.0 Å². The third-order valence-electron chi connectivity index (χ3n) is 4.40. The Balaban J connectivity index is 1.82. The molecule has 2 unspecified atom stereocenters. The molecule has 1 saturated carbocycles. The molecule has 1 nitrogen and oxygen atoms in total. The third kappa shape index (κ3) is 4.35. The average molecular weight is 259 g/mol. The SMILES string of the molecule is CCCNC1CCC(Cc2ccc(C(C)C)cc2)C1. The number of rotatable bonds is 6. The van der Waals surface area contributed by atoms with Crippen LogP contribution in [0.5, 0.6) is 0 Å². The number of nitrogens with one attached hydrogen (secondary N) is 1. The predicted molar refractivity (Wildman–Crippen MR) is 83.7 cm³/mol. The lowest BCUT2D eigenvalue weighted by Crippen LogP contribution is -2.27. The maximum atomic E-state index is 3.67. The van der Waals surface area contributed by atoms with E-state index in [1.807, 2.05) is 0 Å². The second kappa shape index (κ2) is 7.09. The van der Waals surface area contributed by atoms with Gasteiger partial charge in [-0.3, -0.25) is 0 Å². The number of hydrogen-bond donors (Lipinski definition) is 1. The fraction of sp³-hybridized carbons (Fsp3) is 0.667. The molecule has 0 aromatic heterocycles. The summed E-state index contributed by atoms with van der Waals surface area (Å²) < 4.78 is 0. The molecule has 2 atom stereocenters. The van der Waals surface area contributed by atoms with Crippen molar-refractivity contribution in [2.45, 2.75) is 64.8 Å². The molecule has 1 aromatic carbocycles. The van der Waals surface area contributed by atoms with Crippen molar-refractivity contribution in [2.75, 3.05) is 6.54 Å². The molecule has 1 N–H and O–H groups in total. The van der Waals surface area contributed by atoms with Crippen LogP contribution >= 0.6 is 0 Å². The molecule has 19 heavy (non-hydrogen) atoms. The van der Waals surface area contributed by atoms with Gasteiger partial charge in [-0.25, -0.2) is 0 Å². The smallest absolute Gasteiger partial charge is 0.00699 e. The zero-order chi connectivity index (χ0) is 13.7. The summed E-state index contributed by atoms with van der Waals surface area (Å²) in [4.78, 5) is 0. The van der Waals surface area contributed by atoms with Gasteiger partial charge in [0.2, 0.25) is 0 Å². The van der Waals surface area contributed by atoms with Crippen molar-refractivity contribution in [1.82, 2.24) is 5.32 Å². The summed E-state index contributed by atoms with van der Waals surface area (Å²) in [6.07, 6.45) is 6.65. The van der Waals surface area contributed by atoms with E-state index in [1.54, 1.807) is 0 Å². The molecule has 0 aliphatic heterocycles. The highest BCUT2D eigenvalue weighted by molar-refractivity contribution is 5.25. The van der Waals surface area contributed by atoms with Crippen LogP contribution < -0.4 is 5.32 Å². The van der Waals surface area contributed by atoms with Gasteiger partial charge in [-0.2, -0.15) is 0 Å².